The van der Waals surface area contributed by atoms with Gasteiger partial charge in [0.2, 0.25) is 0 Å². The Bertz CT molecular complexity index is 195. The molecule has 0 saturated heterocycles. The summed E-state index contributed by atoms with van der Waals surface area (Å²) in [6.07, 6.45) is 11.5. The van der Waals surface area contributed by atoms with E-state index in [1.807, 2.05) is 0 Å². The van der Waals surface area contributed by atoms with Crippen molar-refractivity contribution in [1.29, 1.82) is 0 Å². The van der Waals surface area contributed by atoms with E-state index in [-0.39, 0.29) is 5.57 Å². The maximum atomic E-state index is 9.60. The van der Waals surface area contributed by atoms with Crippen LogP contribution in [0.2, 0.25) is 0 Å². The largest absolute Gasteiger partial charge is 0.478 e. The minimum atomic E-state index is -0.935. The molecule has 0 saturated carbocycles. The van der Waals surface area contributed by atoms with Crippen LogP contribution in [0.25, 0.3) is 0 Å². The molecular weight excluding hydrogens is 224 g/mol. The molecule has 0 aliphatic heterocycles. The molecule has 1 N–H and O–H groups in total. The molecule has 0 aliphatic rings. The molecule has 0 heterocycles. The monoisotopic (exact) mass is 256 g/mol. The van der Waals surface area contributed by atoms with Crippen LogP contribution >= 0.6 is 0 Å². The number of hydrogen-bond acceptors (Lipinski definition) is 1. The van der Waals surface area contributed by atoms with Gasteiger partial charge in [0.15, 0.2) is 0 Å². The minimum absolute atomic E-state index is 0.176. The fourth-order valence-corrected chi connectivity index (χ4v) is 1.51. The van der Waals surface area contributed by atoms with Gasteiger partial charge in [-0.3, -0.25) is 0 Å². The van der Waals surface area contributed by atoms with E-state index < -0.39 is 5.97 Å². The SMILES string of the molecule is C=C(C)C(=O)O.CCCCCCCCCC(C)C. The summed E-state index contributed by atoms with van der Waals surface area (Å²) in [6, 6.07) is 0. The maximum Gasteiger partial charge on any atom is 0.330 e. The zero-order chi connectivity index (χ0) is 14.4. The van der Waals surface area contributed by atoms with Gasteiger partial charge in [0, 0.05) is 5.57 Å². The lowest BCUT2D eigenvalue weighted by Crippen LogP contribution is -1.92. The lowest BCUT2D eigenvalue weighted by atomic mass is 10.0. The number of carboxylic acids is 1. The number of rotatable bonds is 9. The van der Waals surface area contributed by atoms with E-state index in [0.717, 1.165) is 5.92 Å². The molecule has 0 atom stereocenters. The quantitative estimate of drug-likeness (QED) is 0.441. The Morgan fingerprint density at radius 3 is 1.78 bits per heavy atom. The molecule has 0 unspecified atom stereocenters. The molecule has 108 valence electrons. The number of carbonyl (C=O) groups is 1. The lowest BCUT2D eigenvalue weighted by molar-refractivity contribution is -0.132. The van der Waals surface area contributed by atoms with Crippen LogP contribution in [0.4, 0.5) is 0 Å². The Labute approximate surface area is 113 Å². The molecule has 0 fully saturated rings. The normalized spacial score (nSPS) is 9.83. The van der Waals surface area contributed by atoms with E-state index in [1.54, 1.807) is 0 Å². The number of aliphatic carboxylic acids is 1. The minimum Gasteiger partial charge on any atom is -0.478 e. The van der Waals surface area contributed by atoms with Crippen molar-refractivity contribution in [2.45, 2.75) is 79.1 Å². The first-order chi connectivity index (χ1) is 8.41. The van der Waals surface area contributed by atoms with E-state index in [4.69, 9.17) is 5.11 Å². The number of hydrogen-bond donors (Lipinski definition) is 1. The van der Waals surface area contributed by atoms with Gasteiger partial charge in [-0.1, -0.05) is 78.7 Å². The fraction of sp³-hybridized carbons (Fsp3) is 0.812. The average Bonchev–Trinajstić information content (AvgIpc) is 2.28. The van der Waals surface area contributed by atoms with E-state index in [0.29, 0.717) is 0 Å². The van der Waals surface area contributed by atoms with Gasteiger partial charge in [-0.25, -0.2) is 4.79 Å². The topological polar surface area (TPSA) is 37.3 Å². The molecule has 2 nitrogen and oxygen atoms in total. The maximum absolute atomic E-state index is 9.60. The highest BCUT2D eigenvalue weighted by Gasteiger charge is 1.94. The van der Waals surface area contributed by atoms with Gasteiger partial charge in [-0.15, -0.1) is 0 Å². The van der Waals surface area contributed by atoms with Gasteiger partial charge < -0.3 is 5.11 Å². The molecular formula is C16H32O2. The third-order valence-electron chi connectivity index (χ3n) is 2.75. The van der Waals surface area contributed by atoms with Gasteiger partial charge in [0.05, 0.1) is 0 Å². The second-order valence-corrected chi connectivity index (χ2v) is 5.39. The molecule has 0 rings (SSSR count). The molecule has 18 heavy (non-hydrogen) atoms. The summed E-state index contributed by atoms with van der Waals surface area (Å²) < 4.78 is 0. The van der Waals surface area contributed by atoms with Crippen molar-refractivity contribution in [3.8, 4) is 0 Å². The van der Waals surface area contributed by atoms with Crippen molar-refractivity contribution in [2.75, 3.05) is 0 Å². The zero-order valence-corrected chi connectivity index (χ0v) is 12.8. The first-order valence-corrected chi connectivity index (χ1v) is 7.30. The zero-order valence-electron chi connectivity index (χ0n) is 12.8. The summed E-state index contributed by atoms with van der Waals surface area (Å²) in [7, 11) is 0. The molecule has 0 aliphatic carbocycles. The van der Waals surface area contributed by atoms with Crippen LogP contribution in [0.3, 0.4) is 0 Å². The third-order valence-corrected chi connectivity index (χ3v) is 2.75. The standard InChI is InChI=1S/C12H26.C4H6O2/c1-4-5-6-7-8-9-10-11-12(2)3;1-3(2)4(5)6/h12H,4-11H2,1-3H3;1H2,2H3,(H,5,6). The molecule has 0 aromatic rings. The summed E-state index contributed by atoms with van der Waals surface area (Å²) in [6.45, 7) is 11.5. The van der Waals surface area contributed by atoms with Crippen molar-refractivity contribution in [3.05, 3.63) is 12.2 Å². The van der Waals surface area contributed by atoms with Crippen molar-refractivity contribution in [3.63, 3.8) is 0 Å². The van der Waals surface area contributed by atoms with Crippen LogP contribution in [-0.4, -0.2) is 11.1 Å². The Kier molecular flexibility index (Phi) is 15.5. The second-order valence-electron chi connectivity index (χ2n) is 5.39. The summed E-state index contributed by atoms with van der Waals surface area (Å²) in [5.74, 6) is -0.0318. The molecule has 0 radical (unpaired) electrons. The van der Waals surface area contributed by atoms with Gasteiger partial charge in [-0.05, 0) is 12.8 Å². The van der Waals surface area contributed by atoms with Gasteiger partial charge >= 0.3 is 5.97 Å². The highest BCUT2D eigenvalue weighted by molar-refractivity contribution is 5.84. The van der Waals surface area contributed by atoms with Crippen molar-refractivity contribution in [1.82, 2.24) is 0 Å². The van der Waals surface area contributed by atoms with E-state index in [2.05, 4.69) is 27.4 Å². The van der Waals surface area contributed by atoms with Crippen molar-refractivity contribution >= 4 is 5.97 Å². The summed E-state index contributed by atoms with van der Waals surface area (Å²) >= 11 is 0. The van der Waals surface area contributed by atoms with Crippen molar-refractivity contribution in [2.24, 2.45) is 5.92 Å². The highest BCUT2D eigenvalue weighted by atomic mass is 16.4. The first kappa shape index (κ1) is 19.5. The fourth-order valence-electron chi connectivity index (χ4n) is 1.51. The summed E-state index contributed by atoms with van der Waals surface area (Å²) in [5, 5.41) is 7.89. The molecule has 2 heteroatoms. The molecule has 0 bridgehead atoms. The van der Waals surface area contributed by atoms with E-state index in [9.17, 15) is 4.79 Å². The predicted molar refractivity (Wildman–Crippen MR) is 79.9 cm³/mol. The average molecular weight is 256 g/mol. The van der Waals surface area contributed by atoms with Crippen molar-refractivity contribution < 1.29 is 9.90 Å². The van der Waals surface area contributed by atoms with Gasteiger partial charge in [-0.2, -0.15) is 0 Å². The number of carboxylic acid groups (broad SMARTS) is 1. The van der Waals surface area contributed by atoms with E-state index >= 15 is 0 Å². The van der Waals surface area contributed by atoms with E-state index in [1.165, 1.54) is 58.3 Å². The van der Waals surface area contributed by atoms with Crippen LogP contribution in [0, 0.1) is 5.92 Å². The Morgan fingerprint density at radius 1 is 1.06 bits per heavy atom. The predicted octanol–water partition coefficient (Wildman–Crippen LogP) is 5.43. The van der Waals surface area contributed by atoms with Gasteiger partial charge in [0.1, 0.15) is 0 Å². The Balaban J connectivity index is 0. The van der Waals surface area contributed by atoms with Crippen LogP contribution in [0.5, 0.6) is 0 Å². The first-order valence-electron chi connectivity index (χ1n) is 7.30. The second kappa shape index (κ2) is 14.3. The molecule has 0 aromatic carbocycles. The van der Waals surface area contributed by atoms with Gasteiger partial charge in [0.25, 0.3) is 0 Å². The Hall–Kier alpha value is -0.790. The van der Waals surface area contributed by atoms with Crippen LogP contribution in [-0.2, 0) is 4.79 Å². The highest BCUT2D eigenvalue weighted by Crippen LogP contribution is 2.11. The summed E-state index contributed by atoms with van der Waals surface area (Å²) in [5.41, 5.74) is 0.176. The molecule has 0 amide bonds. The van der Waals surface area contributed by atoms with Crippen LogP contribution < -0.4 is 0 Å². The molecule has 0 spiro atoms. The molecule has 0 aromatic heterocycles. The lowest BCUT2D eigenvalue weighted by Gasteiger charge is -2.03. The summed E-state index contributed by atoms with van der Waals surface area (Å²) in [4.78, 5) is 9.60. The van der Waals surface area contributed by atoms with Crippen LogP contribution in [0.15, 0.2) is 12.2 Å². The number of unbranched alkanes of at least 4 members (excludes halogenated alkanes) is 6. The third kappa shape index (κ3) is 20.6. The smallest absolute Gasteiger partial charge is 0.330 e. The van der Waals surface area contributed by atoms with Crippen LogP contribution in [0.1, 0.15) is 79.1 Å². The Morgan fingerprint density at radius 2 is 1.44 bits per heavy atom.